The maximum atomic E-state index is 14.8. The van der Waals surface area contributed by atoms with E-state index in [1.54, 1.807) is 56.2 Å². The number of hydrogen-bond acceptors (Lipinski definition) is 7. The van der Waals surface area contributed by atoms with Gasteiger partial charge in [0, 0.05) is 36.1 Å². The number of hydrazine groups is 1. The molecule has 2 N–H and O–H groups in total. The second kappa shape index (κ2) is 13.4. The van der Waals surface area contributed by atoms with Crippen LogP contribution in [0.1, 0.15) is 33.6 Å². The number of carbonyl (C=O) groups is 3. The molecule has 4 aromatic rings. The van der Waals surface area contributed by atoms with Crippen LogP contribution in [0, 0.1) is 11.7 Å². The largest absolute Gasteiger partial charge is 0.434 e. The summed E-state index contributed by atoms with van der Waals surface area (Å²) in [5, 5.41) is 12.2. The molecular weight excluding hydrogens is 541 g/mol. The number of allylic oxidation sites excluding steroid dienone is 1. The Morgan fingerprint density at radius 1 is 1.10 bits per heavy atom. The zero-order chi connectivity index (χ0) is 30.2. The Balaban J connectivity index is 0.000000932. The van der Waals surface area contributed by atoms with E-state index in [0.29, 0.717) is 41.2 Å². The van der Waals surface area contributed by atoms with E-state index in [2.05, 4.69) is 27.6 Å². The standard InChI is InChI=1S/C26H24FN7O4.C4H8/c1-17(18(2)32(3)34(16-36)20-7-5-4-6-8-20)26(37)29-19-9-10-22(21(27)13-19)38-25-12-11-24-30-23(28-15-35)14-33(24)31-25;1-4-2-3-4/h4-16H,1-3H3,(H,28,35)(H,29,37);4H,2-3H2,1H3/b18-17+;. The Labute approximate surface area is 242 Å². The van der Waals surface area contributed by atoms with Gasteiger partial charge >= 0.3 is 0 Å². The summed E-state index contributed by atoms with van der Waals surface area (Å²) in [7, 11) is 1.66. The second-order valence-electron chi connectivity index (χ2n) is 9.77. The predicted octanol–water partition coefficient (Wildman–Crippen LogP) is 5.39. The Morgan fingerprint density at radius 3 is 2.43 bits per heavy atom. The normalized spacial score (nSPS) is 12.8. The average molecular weight is 574 g/mol. The number of nitrogens with one attached hydrogen (secondary N) is 2. The lowest BCUT2D eigenvalue weighted by molar-refractivity contribution is -0.113. The van der Waals surface area contributed by atoms with Crippen LogP contribution in [-0.2, 0) is 14.4 Å². The molecule has 2 aromatic heterocycles. The van der Waals surface area contributed by atoms with Crippen LogP contribution in [0.15, 0.2) is 78.1 Å². The highest BCUT2D eigenvalue weighted by molar-refractivity contribution is 6.03. The molecule has 1 fully saturated rings. The van der Waals surface area contributed by atoms with Crippen molar-refractivity contribution in [2.24, 2.45) is 5.92 Å². The number of nitrogens with zero attached hydrogens (tertiary/aromatic N) is 5. The molecule has 0 atom stereocenters. The summed E-state index contributed by atoms with van der Waals surface area (Å²) in [6.45, 7) is 5.59. The quantitative estimate of drug-likeness (QED) is 0.148. The smallest absolute Gasteiger partial charge is 0.253 e. The van der Waals surface area contributed by atoms with Gasteiger partial charge in [0.1, 0.15) is 0 Å². The first-order valence-corrected chi connectivity index (χ1v) is 13.3. The highest BCUT2D eigenvalue weighted by Crippen LogP contribution is 2.27. The van der Waals surface area contributed by atoms with E-state index in [-0.39, 0.29) is 17.3 Å². The number of rotatable bonds is 10. The van der Waals surface area contributed by atoms with Crippen LogP contribution in [0.5, 0.6) is 11.6 Å². The van der Waals surface area contributed by atoms with E-state index in [9.17, 15) is 18.8 Å². The van der Waals surface area contributed by atoms with Gasteiger partial charge < -0.3 is 15.4 Å². The molecule has 3 amide bonds. The minimum Gasteiger partial charge on any atom is -0.434 e. The van der Waals surface area contributed by atoms with Crippen molar-refractivity contribution in [1.82, 2.24) is 19.6 Å². The summed E-state index contributed by atoms with van der Waals surface area (Å²) in [6, 6.07) is 16.1. The molecule has 0 unspecified atom stereocenters. The molecule has 5 rings (SSSR count). The van der Waals surface area contributed by atoms with Crippen molar-refractivity contribution in [3.05, 3.63) is 83.9 Å². The zero-order valence-electron chi connectivity index (χ0n) is 23.7. The fourth-order valence-electron chi connectivity index (χ4n) is 3.67. The predicted molar refractivity (Wildman–Crippen MR) is 157 cm³/mol. The third kappa shape index (κ3) is 7.47. The number of anilines is 3. The van der Waals surface area contributed by atoms with Crippen molar-refractivity contribution in [3.63, 3.8) is 0 Å². The van der Waals surface area contributed by atoms with Crippen LogP contribution < -0.4 is 20.4 Å². The van der Waals surface area contributed by atoms with Gasteiger partial charge in [-0.1, -0.05) is 38.0 Å². The van der Waals surface area contributed by atoms with Gasteiger partial charge in [0.25, 0.3) is 5.91 Å². The molecule has 2 aromatic carbocycles. The van der Waals surface area contributed by atoms with Gasteiger partial charge in [0.15, 0.2) is 23.0 Å². The maximum Gasteiger partial charge on any atom is 0.253 e. The van der Waals surface area contributed by atoms with Gasteiger partial charge in [-0.05, 0) is 50.1 Å². The van der Waals surface area contributed by atoms with E-state index in [1.165, 1.54) is 46.8 Å². The average Bonchev–Trinajstić information content (AvgIpc) is 3.67. The number of para-hydroxylation sites is 1. The van der Waals surface area contributed by atoms with E-state index in [1.807, 2.05) is 6.07 Å². The first-order chi connectivity index (χ1) is 20.2. The van der Waals surface area contributed by atoms with Crippen LogP contribution in [0.2, 0.25) is 0 Å². The Bertz CT molecular complexity index is 1600. The van der Waals surface area contributed by atoms with Crippen LogP contribution in [0.3, 0.4) is 0 Å². The third-order valence-corrected chi connectivity index (χ3v) is 6.59. The summed E-state index contributed by atoms with van der Waals surface area (Å²) < 4.78 is 21.7. The fraction of sp³-hybridized carbons (Fsp3) is 0.233. The van der Waals surface area contributed by atoms with Crippen LogP contribution in [0.4, 0.5) is 21.6 Å². The number of fused-ring (bicyclic) bond motifs is 1. The van der Waals surface area contributed by atoms with E-state index in [0.717, 1.165) is 12.0 Å². The second-order valence-corrected chi connectivity index (χ2v) is 9.77. The number of halogens is 1. The molecule has 0 spiro atoms. The molecule has 11 nitrogen and oxygen atoms in total. The van der Waals surface area contributed by atoms with Crippen molar-refractivity contribution in [2.45, 2.75) is 33.6 Å². The molecular formula is C30H32FN7O4. The van der Waals surface area contributed by atoms with Crippen molar-refractivity contribution < 1.29 is 23.5 Å². The van der Waals surface area contributed by atoms with Crippen molar-refractivity contribution in [3.8, 4) is 11.6 Å². The van der Waals surface area contributed by atoms with E-state index in [4.69, 9.17) is 4.74 Å². The van der Waals surface area contributed by atoms with Gasteiger partial charge in [-0.15, -0.1) is 5.10 Å². The summed E-state index contributed by atoms with van der Waals surface area (Å²) in [4.78, 5) is 39.3. The minimum atomic E-state index is -0.717. The highest BCUT2D eigenvalue weighted by atomic mass is 19.1. The number of hydrogen-bond donors (Lipinski definition) is 2. The Morgan fingerprint density at radius 2 is 1.81 bits per heavy atom. The Hall–Kier alpha value is -5.26. The van der Waals surface area contributed by atoms with Crippen molar-refractivity contribution in [1.29, 1.82) is 0 Å². The lowest BCUT2D eigenvalue weighted by Gasteiger charge is -2.31. The lowest BCUT2D eigenvalue weighted by atomic mass is 10.2. The molecule has 1 aliphatic carbocycles. The van der Waals surface area contributed by atoms with Crippen LogP contribution in [-0.4, -0.2) is 45.4 Å². The fourth-order valence-corrected chi connectivity index (χ4v) is 3.67. The molecule has 42 heavy (non-hydrogen) atoms. The molecule has 0 aliphatic heterocycles. The minimum absolute atomic E-state index is 0.0961. The summed E-state index contributed by atoms with van der Waals surface area (Å²) in [6.07, 6.45) is 5.60. The number of amides is 3. The lowest BCUT2D eigenvalue weighted by Crippen LogP contribution is -2.38. The molecule has 218 valence electrons. The number of ether oxygens (including phenoxy) is 1. The van der Waals surface area contributed by atoms with Gasteiger partial charge in [-0.2, -0.15) is 0 Å². The number of carbonyl (C=O) groups excluding carboxylic acids is 3. The maximum absolute atomic E-state index is 14.8. The number of benzene rings is 2. The highest BCUT2D eigenvalue weighted by Gasteiger charge is 2.18. The van der Waals surface area contributed by atoms with Crippen molar-refractivity contribution >= 4 is 41.6 Å². The topological polar surface area (TPSA) is 121 Å². The molecule has 0 radical (unpaired) electrons. The van der Waals surface area contributed by atoms with Gasteiger partial charge in [0.2, 0.25) is 18.7 Å². The Kier molecular flexibility index (Phi) is 9.48. The first-order valence-electron chi connectivity index (χ1n) is 13.3. The molecule has 1 aliphatic rings. The molecule has 0 bridgehead atoms. The SMILES string of the molecule is C/C(C(=O)Nc1ccc(Oc2ccc3nc(NC=O)cn3n2)c(F)c1)=C(/C)N(C)N(C=O)c1ccccc1.CC1CC1. The van der Waals surface area contributed by atoms with Crippen molar-refractivity contribution in [2.75, 3.05) is 22.7 Å². The van der Waals surface area contributed by atoms with Crippen LogP contribution >= 0.6 is 0 Å². The number of imidazole rings is 1. The van der Waals surface area contributed by atoms with E-state index >= 15 is 0 Å². The first kappa shape index (κ1) is 29.7. The molecule has 0 saturated heterocycles. The summed E-state index contributed by atoms with van der Waals surface area (Å²) in [5.74, 6) is 0.201. The van der Waals surface area contributed by atoms with Gasteiger partial charge in [-0.3, -0.25) is 19.4 Å². The van der Waals surface area contributed by atoms with E-state index < -0.39 is 11.7 Å². The molecule has 12 heteroatoms. The molecule has 1 saturated carbocycles. The zero-order valence-corrected chi connectivity index (χ0v) is 23.7. The van der Waals surface area contributed by atoms with Gasteiger partial charge in [0.05, 0.1) is 11.9 Å². The summed E-state index contributed by atoms with van der Waals surface area (Å²) in [5.41, 5.74) is 2.16. The van der Waals surface area contributed by atoms with Crippen LogP contribution in [0.25, 0.3) is 5.65 Å². The monoisotopic (exact) mass is 573 g/mol. The number of aromatic nitrogens is 3. The molecule has 2 heterocycles. The third-order valence-electron chi connectivity index (χ3n) is 6.59. The summed E-state index contributed by atoms with van der Waals surface area (Å²) >= 11 is 0. The van der Waals surface area contributed by atoms with Gasteiger partial charge in [-0.25, -0.2) is 18.9 Å².